The molecule has 0 atom stereocenters. The van der Waals surface area contributed by atoms with E-state index in [-0.39, 0.29) is 17.2 Å². The van der Waals surface area contributed by atoms with Gasteiger partial charge in [0.05, 0.1) is 15.0 Å². The molecule has 0 saturated carbocycles. The van der Waals surface area contributed by atoms with E-state index < -0.39 is 11.6 Å². The van der Waals surface area contributed by atoms with Crippen LogP contribution in [0.25, 0.3) is 21.2 Å². The van der Waals surface area contributed by atoms with E-state index in [1.54, 1.807) is 31.4 Å². The van der Waals surface area contributed by atoms with Gasteiger partial charge in [0, 0.05) is 48.4 Å². The fourth-order valence-corrected chi connectivity index (χ4v) is 5.06. The molecule has 0 spiro atoms. The number of thiophene rings is 1. The van der Waals surface area contributed by atoms with Crippen molar-refractivity contribution in [1.29, 1.82) is 0 Å². The maximum absolute atomic E-state index is 14.4. The zero-order valence-electron chi connectivity index (χ0n) is 19.3. The van der Waals surface area contributed by atoms with Crippen LogP contribution in [0.4, 0.5) is 14.5 Å². The number of carbonyl (C=O) groups is 1. The van der Waals surface area contributed by atoms with Crippen molar-refractivity contribution < 1.29 is 18.3 Å². The summed E-state index contributed by atoms with van der Waals surface area (Å²) in [6, 6.07) is 10.0. The van der Waals surface area contributed by atoms with Crippen LogP contribution in [0, 0.1) is 11.6 Å². The van der Waals surface area contributed by atoms with Gasteiger partial charge in [0.25, 0.3) is 11.5 Å². The number of pyridine rings is 1. The van der Waals surface area contributed by atoms with Gasteiger partial charge in [-0.05, 0) is 43.3 Å². The van der Waals surface area contributed by atoms with Gasteiger partial charge in [-0.15, -0.1) is 11.3 Å². The molecule has 2 N–H and O–H groups in total. The minimum absolute atomic E-state index is 0.133. The Bertz CT molecular complexity index is 1470. The van der Waals surface area contributed by atoms with E-state index in [4.69, 9.17) is 4.74 Å². The predicted octanol–water partition coefficient (Wildman–Crippen LogP) is 6.17. The lowest BCUT2D eigenvalue weighted by atomic mass is 10.0. The number of anilines is 1. The lowest BCUT2D eigenvalue weighted by Crippen LogP contribution is -2.21. The summed E-state index contributed by atoms with van der Waals surface area (Å²) in [7, 11) is 1.63. The summed E-state index contributed by atoms with van der Waals surface area (Å²) in [5, 5.41) is 3.16. The Morgan fingerprint density at radius 1 is 1.09 bits per heavy atom. The summed E-state index contributed by atoms with van der Waals surface area (Å²) in [4.78, 5) is 25.8. The van der Waals surface area contributed by atoms with Gasteiger partial charge in [0.15, 0.2) is 11.6 Å². The van der Waals surface area contributed by atoms with E-state index in [1.807, 2.05) is 19.9 Å². The molecule has 4 aromatic rings. The van der Waals surface area contributed by atoms with Gasteiger partial charge < -0.3 is 19.3 Å². The van der Waals surface area contributed by atoms with Crippen LogP contribution in [0.5, 0.6) is 11.5 Å². The number of nitrogens with zero attached hydrogens (tertiary/aromatic N) is 1. The smallest absolute Gasteiger partial charge is 0.261 e. The minimum Gasteiger partial charge on any atom is -0.454 e. The number of aryl methyl sites for hydroxylation is 1. The Morgan fingerprint density at radius 3 is 2.57 bits per heavy atom. The lowest BCUT2D eigenvalue weighted by molar-refractivity contribution is 0.0960. The molecule has 0 saturated heterocycles. The average Bonchev–Trinajstić information content (AvgIpc) is 3.29. The molecule has 6 nitrogen and oxygen atoms in total. The Kier molecular flexibility index (Phi) is 7.42. The molecule has 2 aromatic heterocycles. The van der Waals surface area contributed by atoms with Gasteiger partial charge in [-0.2, -0.15) is 0 Å². The molecule has 2 aromatic carbocycles. The van der Waals surface area contributed by atoms with E-state index in [1.165, 1.54) is 33.9 Å². The van der Waals surface area contributed by atoms with Crippen LogP contribution in [0.3, 0.4) is 0 Å². The number of halogens is 2. The van der Waals surface area contributed by atoms with Crippen LogP contribution in [0.1, 0.15) is 23.5 Å². The van der Waals surface area contributed by atoms with Crippen molar-refractivity contribution in [1.82, 2.24) is 9.88 Å². The largest absolute Gasteiger partial charge is 0.454 e. The molecule has 182 valence electrons. The average molecular weight is 516 g/mol. The summed E-state index contributed by atoms with van der Waals surface area (Å²) >= 11 is 2.71. The Balaban J connectivity index is 1.92. The summed E-state index contributed by atoms with van der Waals surface area (Å²) in [6.45, 7) is 4.29. The number of hydrogen-bond donors (Lipinski definition) is 2. The van der Waals surface area contributed by atoms with E-state index in [0.717, 1.165) is 23.6 Å². The highest BCUT2D eigenvalue weighted by Gasteiger charge is 2.20. The molecule has 0 bridgehead atoms. The first-order valence-electron chi connectivity index (χ1n) is 10.9. The SMILES string of the molecule is CCNC(=O)c1cc2c(=O)n(C)cc(-c3cc(NSCC)ccc3Oc3ccc(F)cc3F)c2s1. The van der Waals surface area contributed by atoms with Crippen molar-refractivity contribution >= 4 is 45.0 Å². The van der Waals surface area contributed by atoms with Gasteiger partial charge >= 0.3 is 0 Å². The predicted molar refractivity (Wildman–Crippen MR) is 139 cm³/mol. The summed E-state index contributed by atoms with van der Waals surface area (Å²) in [6.07, 6.45) is 1.67. The van der Waals surface area contributed by atoms with Crippen LogP contribution in [0.15, 0.2) is 53.5 Å². The first kappa shape index (κ1) is 24.7. The maximum Gasteiger partial charge on any atom is 0.261 e. The molecule has 0 unspecified atom stereocenters. The normalized spacial score (nSPS) is 11.0. The molecule has 35 heavy (non-hydrogen) atoms. The quantitative estimate of drug-likeness (QED) is 0.275. The number of fused-ring (bicyclic) bond motifs is 1. The van der Waals surface area contributed by atoms with Gasteiger partial charge in [-0.3, -0.25) is 9.59 Å². The van der Waals surface area contributed by atoms with Crippen molar-refractivity contribution in [3.63, 3.8) is 0 Å². The van der Waals surface area contributed by atoms with Crippen LogP contribution >= 0.6 is 23.3 Å². The fraction of sp³-hybridized carbons (Fsp3) is 0.200. The number of rotatable bonds is 8. The highest BCUT2D eigenvalue weighted by molar-refractivity contribution is 8.00. The molecule has 0 aliphatic carbocycles. The fourth-order valence-electron chi connectivity index (χ4n) is 3.53. The number of hydrogen-bond acceptors (Lipinski definition) is 6. The van der Waals surface area contributed by atoms with Crippen molar-refractivity contribution in [2.45, 2.75) is 13.8 Å². The molecular formula is C25H23F2N3O3S2. The zero-order valence-corrected chi connectivity index (χ0v) is 20.9. The topological polar surface area (TPSA) is 72.4 Å². The molecule has 1 amide bonds. The van der Waals surface area contributed by atoms with Crippen LogP contribution < -0.4 is 20.3 Å². The highest BCUT2D eigenvalue weighted by Crippen LogP contribution is 2.41. The van der Waals surface area contributed by atoms with Crippen LogP contribution in [-0.2, 0) is 7.05 Å². The third kappa shape index (κ3) is 5.18. The number of aromatic nitrogens is 1. The Hall–Kier alpha value is -3.37. The molecular weight excluding hydrogens is 492 g/mol. The van der Waals surface area contributed by atoms with E-state index in [9.17, 15) is 18.4 Å². The molecule has 4 rings (SSSR count). The standard InChI is InChI=1S/C25H23F2N3O3S2/c1-4-28-24(31)22-12-17-23(35-22)18(13-30(3)25(17)32)16-11-15(29-34-5-2)7-9-20(16)33-21-8-6-14(26)10-19(21)27/h6-13,29H,4-5H2,1-3H3,(H,28,31). The first-order valence-corrected chi connectivity index (χ1v) is 12.7. The highest BCUT2D eigenvalue weighted by atomic mass is 32.2. The van der Waals surface area contributed by atoms with Gasteiger partial charge in [-0.1, -0.05) is 18.9 Å². The Morgan fingerprint density at radius 2 is 1.86 bits per heavy atom. The summed E-state index contributed by atoms with van der Waals surface area (Å²) in [5.74, 6) is -0.787. The van der Waals surface area contributed by atoms with Crippen molar-refractivity contribution in [3.05, 3.63) is 75.5 Å². The van der Waals surface area contributed by atoms with Gasteiger partial charge in [0.2, 0.25) is 0 Å². The molecule has 0 aliphatic rings. The first-order chi connectivity index (χ1) is 16.8. The number of ether oxygens (including phenoxy) is 1. The van der Waals surface area contributed by atoms with Crippen LogP contribution in [0.2, 0.25) is 0 Å². The minimum atomic E-state index is -0.833. The summed E-state index contributed by atoms with van der Waals surface area (Å²) < 4.78 is 39.0. The van der Waals surface area contributed by atoms with E-state index in [2.05, 4.69) is 10.0 Å². The molecule has 0 radical (unpaired) electrons. The van der Waals surface area contributed by atoms with Crippen molar-refractivity contribution in [2.75, 3.05) is 17.0 Å². The Labute approximate surface area is 209 Å². The van der Waals surface area contributed by atoms with Crippen LogP contribution in [-0.4, -0.2) is 22.8 Å². The van der Waals surface area contributed by atoms with E-state index in [0.29, 0.717) is 38.4 Å². The number of benzene rings is 2. The number of nitrogens with one attached hydrogen (secondary N) is 2. The number of carbonyl (C=O) groups excluding carboxylic acids is 1. The van der Waals surface area contributed by atoms with Gasteiger partial charge in [0.1, 0.15) is 11.6 Å². The second-order valence-electron chi connectivity index (χ2n) is 7.59. The van der Waals surface area contributed by atoms with Crippen molar-refractivity contribution in [2.24, 2.45) is 7.05 Å². The second kappa shape index (κ2) is 10.5. The second-order valence-corrected chi connectivity index (χ2v) is 9.72. The third-order valence-electron chi connectivity index (χ3n) is 5.13. The zero-order chi connectivity index (χ0) is 25.1. The third-order valence-corrected chi connectivity index (χ3v) is 6.97. The number of amides is 1. The molecule has 10 heteroatoms. The molecule has 2 heterocycles. The molecule has 0 aliphatic heterocycles. The van der Waals surface area contributed by atoms with Crippen molar-refractivity contribution in [3.8, 4) is 22.6 Å². The van der Waals surface area contributed by atoms with Gasteiger partial charge in [-0.25, -0.2) is 8.78 Å². The maximum atomic E-state index is 14.4. The van der Waals surface area contributed by atoms with E-state index >= 15 is 0 Å². The summed E-state index contributed by atoms with van der Waals surface area (Å²) in [5.41, 5.74) is 1.77. The lowest BCUT2D eigenvalue weighted by Gasteiger charge is -2.15. The molecule has 0 fully saturated rings. The monoisotopic (exact) mass is 515 g/mol.